The van der Waals surface area contributed by atoms with Crippen LogP contribution in [-0.4, -0.2) is 25.5 Å². The van der Waals surface area contributed by atoms with Crippen LogP contribution in [0.4, 0.5) is 26.7 Å². The Morgan fingerprint density at radius 2 is 1.49 bits per heavy atom. The van der Waals surface area contributed by atoms with Crippen molar-refractivity contribution in [3.05, 3.63) is 48.0 Å². The van der Waals surface area contributed by atoms with Crippen LogP contribution in [0.15, 0.2) is 36.4 Å². The molecule has 0 amide bonds. The Kier molecular flexibility index (Phi) is 12.7. The van der Waals surface area contributed by atoms with E-state index < -0.39 is 36.5 Å². The summed E-state index contributed by atoms with van der Waals surface area (Å²) in [5.41, 5.74) is 0.343. The number of carbonyl (C=O) groups is 1. The monoisotopic (exact) mass is 530 g/mol. The largest absolute Gasteiger partial charge is 0.513 e. The van der Waals surface area contributed by atoms with Crippen molar-refractivity contribution in [3.63, 3.8) is 0 Å². The minimum absolute atomic E-state index is 0.00432. The molecule has 4 nitrogen and oxygen atoms in total. The van der Waals surface area contributed by atoms with E-state index in [-0.39, 0.29) is 29.9 Å². The third-order valence-corrected chi connectivity index (χ3v) is 5.97. The minimum atomic E-state index is -4.36. The molecule has 0 aliphatic heterocycles. The van der Waals surface area contributed by atoms with E-state index in [0.29, 0.717) is 18.6 Å². The fourth-order valence-electron chi connectivity index (χ4n) is 3.80. The van der Waals surface area contributed by atoms with Gasteiger partial charge in [0.2, 0.25) is 5.82 Å². The Morgan fingerprint density at radius 1 is 0.811 bits per heavy atom. The summed E-state index contributed by atoms with van der Waals surface area (Å²) in [7, 11) is 0. The molecule has 0 N–H and O–H groups in total. The van der Waals surface area contributed by atoms with Crippen LogP contribution in [0.2, 0.25) is 0 Å². The topological polar surface area (TPSA) is 44.8 Å². The summed E-state index contributed by atoms with van der Waals surface area (Å²) in [5, 5.41) is 0. The first-order valence-electron chi connectivity index (χ1n) is 12.8. The lowest BCUT2D eigenvalue weighted by molar-refractivity contribution is -0.180. The molecule has 0 aliphatic carbocycles. The van der Waals surface area contributed by atoms with Crippen LogP contribution in [0.25, 0.3) is 11.1 Å². The van der Waals surface area contributed by atoms with E-state index >= 15 is 0 Å². The minimum Gasteiger partial charge on any atom is -0.490 e. The molecule has 0 heterocycles. The molecule has 1 atom stereocenters. The SMILES string of the molecule is CCCCCCC(CCOC(=O)Oc1ccc(-c2ccc(OCCCCC)c(F)c2F)cc1)C(F)(F)F. The quantitative estimate of drug-likeness (QED) is 0.0996. The van der Waals surface area contributed by atoms with E-state index in [1.54, 1.807) is 0 Å². The molecule has 0 aliphatic rings. The summed E-state index contributed by atoms with van der Waals surface area (Å²) in [6, 6.07) is 8.33. The molecule has 0 radical (unpaired) electrons. The van der Waals surface area contributed by atoms with Gasteiger partial charge in [0.15, 0.2) is 11.6 Å². The lowest BCUT2D eigenvalue weighted by Gasteiger charge is -2.20. The molecule has 1 unspecified atom stereocenters. The number of hydrogen-bond donors (Lipinski definition) is 0. The first-order chi connectivity index (χ1) is 17.7. The van der Waals surface area contributed by atoms with Gasteiger partial charge >= 0.3 is 12.3 Å². The highest BCUT2D eigenvalue weighted by Crippen LogP contribution is 2.33. The molecule has 0 saturated carbocycles. The third kappa shape index (κ3) is 10.2. The molecule has 0 aromatic heterocycles. The fraction of sp³-hybridized carbons (Fsp3) is 0.536. The molecule has 2 aromatic rings. The normalized spacial score (nSPS) is 12.3. The van der Waals surface area contributed by atoms with Crippen LogP contribution in [-0.2, 0) is 4.74 Å². The first kappa shape index (κ1) is 30.4. The van der Waals surface area contributed by atoms with E-state index in [0.717, 1.165) is 38.5 Å². The van der Waals surface area contributed by atoms with Gasteiger partial charge in [0, 0.05) is 5.56 Å². The van der Waals surface area contributed by atoms with Gasteiger partial charge in [-0.3, -0.25) is 0 Å². The predicted molar refractivity (Wildman–Crippen MR) is 132 cm³/mol. The van der Waals surface area contributed by atoms with Gasteiger partial charge < -0.3 is 14.2 Å². The maximum Gasteiger partial charge on any atom is 0.513 e. The molecule has 37 heavy (non-hydrogen) atoms. The lowest BCUT2D eigenvalue weighted by atomic mass is 9.97. The Hall–Kier alpha value is -2.84. The predicted octanol–water partition coefficient (Wildman–Crippen LogP) is 9.26. The highest BCUT2D eigenvalue weighted by atomic mass is 19.4. The number of alkyl halides is 3. The average molecular weight is 531 g/mol. The van der Waals surface area contributed by atoms with Crippen LogP contribution in [0.5, 0.6) is 11.5 Å². The Morgan fingerprint density at radius 3 is 2.14 bits per heavy atom. The van der Waals surface area contributed by atoms with Gasteiger partial charge in [-0.15, -0.1) is 0 Å². The lowest BCUT2D eigenvalue weighted by Crippen LogP contribution is -2.25. The maximum absolute atomic E-state index is 14.6. The summed E-state index contributed by atoms with van der Waals surface area (Å²) in [4.78, 5) is 11.9. The van der Waals surface area contributed by atoms with E-state index in [4.69, 9.17) is 14.2 Å². The van der Waals surface area contributed by atoms with Gasteiger partial charge in [-0.1, -0.05) is 64.5 Å². The molecule has 0 bridgehead atoms. The second-order valence-electron chi connectivity index (χ2n) is 8.90. The van der Waals surface area contributed by atoms with Crippen molar-refractivity contribution < 1.29 is 41.0 Å². The summed E-state index contributed by atoms with van der Waals surface area (Å²) in [6.07, 6.45) is -0.185. The second-order valence-corrected chi connectivity index (χ2v) is 8.90. The summed E-state index contributed by atoms with van der Waals surface area (Å²) < 4.78 is 83.8. The molecule has 0 spiro atoms. The molecule has 206 valence electrons. The van der Waals surface area contributed by atoms with E-state index in [9.17, 15) is 26.7 Å². The van der Waals surface area contributed by atoms with Crippen molar-refractivity contribution in [1.29, 1.82) is 0 Å². The van der Waals surface area contributed by atoms with Crippen LogP contribution in [0.3, 0.4) is 0 Å². The second kappa shape index (κ2) is 15.4. The first-order valence-corrected chi connectivity index (χ1v) is 12.8. The maximum atomic E-state index is 14.6. The highest BCUT2D eigenvalue weighted by Gasteiger charge is 2.38. The zero-order valence-corrected chi connectivity index (χ0v) is 21.3. The number of carbonyl (C=O) groups excluding carboxylic acids is 1. The van der Waals surface area contributed by atoms with Crippen molar-refractivity contribution in [3.8, 4) is 22.6 Å². The Bertz CT molecular complexity index is 960. The summed E-state index contributed by atoms with van der Waals surface area (Å²) in [6.45, 7) is 3.88. The summed E-state index contributed by atoms with van der Waals surface area (Å²) in [5.74, 6) is -3.79. The van der Waals surface area contributed by atoms with Gasteiger partial charge in [-0.05, 0) is 49.1 Å². The van der Waals surface area contributed by atoms with Crippen molar-refractivity contribution in [2.75, 3.05) is 13.2 Å². The number of rotatable bonds is 15. The number of hydrogen-bond acceptors (Lipinski definition) is 4. The van der Waals surface area contributed by atoms with Gasteiger partial charge in [0.1, 0.15) is 5.75 Å². The van der Waals surface area contributed by atoms with E-state index in [1.807, 2.05) is 13.8 Å². The standard InChI is InChI=1S/C28H35F5O4/c1-3-5-7-8-10-21(28(31,32)33)17-19-36-27(34)37-22-13-11-20(12-14-22)23-15-16-24(26(30)25(23)29)35-18-9-6-4-2/h11-16,21H,3-10,17-19H2,1-2H3. The van der Waals surface area contributed by atoms with Crippen molar-refractivity contribution >= 4 is 6.16 Å². The summed E-state index contributed by atoms with van der Waals surface area (Å²) >= 11 is 0. The van der Waals surface area contributed by atoms with E-state index in [2.05, 4.69) is 0 Å². The smallest absolute Gasteiger partial charge is 0.490 e. The number of halogens is 5. The van der Waals surface area contributed by atoms with Crippen LogP contribution in [0.1, 0.15) is 71.6 Å². The molecular weight excluding hydrogens is 495 g/mol. The molecule has 9 heteroatoms. The van der Waals surface area contributed by atoms with Crippen LogP contribution in [0, 0.1) is 17.6 Å². The zero-order chi connectivity index (χ0) is 27.3. The van der Waals surface area contributed by atoms with Crippen molar-refractivity contribution in [2.24, 2.45) is 5.92 Å². The van der Waals surface area contributed by atoms with Gasteiger partial charge in [0.25, 0.3) is 0 Å². The number of unbranched alkanes of at least 4 members (excludes halogenated alkanes) is 5. The average Bonchev–Trinajstić information content (AvgIpc) is 2.86. The molecule has 2 rings (SSSR count). The van der Waals surface area contributed by atoms with Crippen LogP contribution < -0.4 is 9.47 Å². The molecular formula is C28H35F5O4. The molecule has 0 fully saturated rings. The number of benzene rings is 2. The fourth-order valence-corrected chi connectivity index (χ4v) is 3.80. The van der Waals surface area contributed by atoms with Gasteiger partial charge in [0.05, 0.1) is 19.1 Å². The van der Waals surface area contributed by atoms with Gasteiger partial charge in [-0.2, -0.15) is 17.6 Å². The third-order valence-electron chi connectivity index (χ3n) is 5.97. The highest BCUT2D eigenvalue weighted by molar-refractivity contribution is 5.68. The zero-order valence-electron chi connectivity index (χ0n) is 21.3. The van der Waals surface area contributed by atoms with Crippen molar-refractivity contribution in [2.45, 2.75) is 77.8 Å². The van der Waals surface area contributed by atoms with E-state index in [1.165, 1.54) is 36.4 Å². The van der Waals surface area contributed by atoms with Crippen LogP contribution >= 0.6 is 0 Å². The Labute approximate surface area is 215 Å². The molecule has 0 saturated heterocycles. The number of ether oxygens (including phenoxy) is 3. The van der Waals surface area contributed by atoms with Crippen molar-refractivity contribution in [1.82, 2.24) is 0 Å². The molecule has 2 aromatic carbocycles. The van der Waals surface area contributed by atoms with Gasteiger partial charge in [-0.25, -0.2) is 9.18 Å². The Balaban J connectivity index is 1.89.